The maximum absolute atomic E-state index is 12.7. The molecule has 2 heterocycles. The Labute approximate surface area is 185 Å². The lowest BCUT2D eigenvalue weighted by Crippen LogP contribution is -2.13. The maximum Gasteiger partial charge on any atom is 0.416 e. The number of hydrogen-bond donors (Lipinski definition) is 2. The average Bonchev–Trinajstić information content (AvgIpc) is 3.46. The number of nitrogens with one attached hydrogen (secondary N) is 1. The van der Waals surface area contributed by atoms with Crippen LogP contribution >= 0.6 is 11.3 Å². The lowest BCUT2D eigenvalue weighted by Gasteiger charge is -2.09. The number of carbonyl (C=O) groups excluding carboxylic acids is 1. The van der Waals surface area contributed by atoms with E-state index >= 15 is 0 Å². The van der Waals surface area contributed by atoms with E-state index in [2.05, 4.69) is 15.6 Å². The molecule has 1 amide bonds. The van der Waals surface area contributed by atoms with Gasteiger partial charge in [0.25, 0.3) is 5.91 Å². The van der Waals surface area contributed by atoms with Gasteiger partial charge in [0.1, 0.15) is 0 Å². The Morgan fingerprint density at radius 2 is 1.91 bits per heavy atom. The van der Waals surface area contributed by atoms with E-state index in [1.54, 1.807) is 23.5 Å². The summed E-state index contributed by atoms with van der Waals surface area (Å²) in [6.45, 7) is 0.363. The molecule has 2 aromatic carbocycles. The molecule has 2 aromatic heterocycles. The van der Waals surface area contributed by atoms with Crippen molar-refractivity contribution >= 4 is 28.6 Å². The van der Waals surface area contributed by atoms with E-state index in [4.69, 9.17) is 5.73 Å². The predicted octanol–water partition coefficient (Wildman–Crippen LogP) is 5.10. The summed E-state index contributed by atoms with van der Waals surface area (Å²) in [5, 5.41) is 12.5. The molecule has 0 saturated heterocycles. The molecular formula is C22H18F3N5OS. The molecule has 0 spiro atoms. The number of alkyl halides is 3. The van der Waals surface area contributed by atoms with Crippen LogP contribution in [0.1, 0.15) is 21.6 Å². The highest BCUT2D eigenvalue weighted by Crippen LogP contribution is 2.31. The van der Waals surface area contributed by atoms with Crippen LogP contribution in [0.25, 0.3) is 10.4 Å². The molecule has 0 saturated carbocycles. The monoisotopic (exact) mass is 457 g/mol. The fourth-order valence-electron chi connectivity index (χ4n) is 3.06. The smallest absolute Gasteiger partial charge is 0.397 e. The quantitative estimate of drug-likeness (QED) is 0.395. The van der Waals surface area contributed by atoms with Crippen molar-refractivity contribution in [3.05, 3.63) is 83.0 Å². The molecule has 0 fully saturated rings. The molecule has 4 rings (SSSR count). The number of nitrogens with zero attached hydrogens (tertiary/aromatic N) is 3. The van der Waals surface area contributed by atoms with E-state index in [-0.39, 0.29) is 5.69 Å². The molecule has 0 aliphatic rings. The average molecular weight is 457 g/mol. The number of anilines is 2. The Morgan fingerprint density at radius 1 is 1.12 bits per heavy atom. The number of benzene rings is 2. The predicted molar refractivity (Wildman–Crippen MR) is 117 cm³/mol. The Bertz CT molecular complexity index is 1220. The van der Waals surface area contributed by atoms with Crippen LogP contribution in [0, 0.1) is 0 Å². The standard InChI is InChI=1S/C22H18F3N5OS/c23-22(24,25)16-6-3-14(4-7-16)9-10-30-13-19(28-29-30)21(31)27-18-12-15(5-8-17(18)26)20-2-1-11-32-20/h1-8,11-13H,9-10,26H2,(H,27,31). The van der Waals surface area contributed by atoms with E-state index in [1.807, 2.05) is 23.6 Å². The molecular weight excluding hydrogens is 439 g/mol. The minimum absolute atomic E-state index is 0.110. The number of carbonyl (C=O) groups is 1. The molecule has 0 bridgehead atoms. The summed E-state index contributed by atoms with van der Waals surface area (Å²) in [5.74, 6) is -0.458. The third-order valence-electron chi connectivity index (χ3n) is 4.79. The first-order chi connectivity index (χ1) is 15.3. The van der Waals surface area contributed by atoms with Crippen molar-refractivity contribution in [1.29, 1.82) is 0 Å². The summed E-state index contributed by atoms with van der Waals surface area (Å²) < 4.78 is 39.4. The molecule has 3 N–H and O–H groups in total. The second kappa shape index (κ2) is 8.83. The van der Waals surface area contributed by atoms with Gasteiger partial charge in [-0.3, -0.25) is 9.48 Å². The molecule has 0 aliphatic carbocycles. The molecule has 0 unspecified atom stereocenters. The number of nitrogen functional groups attached to an aromatic ring is 1. The van der Waals surface area contributed by atoms with Crippen molar-refractivity contribution in [1.82, 2.24) is 15.0 Å². The van der Waals surface area contributed by atoms with Crippen molar-refractivity contribution in [2.75, 3.05) is 11.1 Å². The number of aryl methyl sites for hydroxylation is 2. The second-order valence-corrected chi connectivity index (χ2v) is 7.99. The van der Waals surface area contributed by atoms with Crippen LogP contribution < -0.4 is 11.1 Å². The zero-order valence-electron chi connectivity index (χ0n) is 16.6. The molecule has 6 nitrogen and oxygen atoms in total. The molecule has 0 atom stereocenters. The third kappa shape index (κ3) is 4.97. The number of thiophene rings is 1. The fourth-order valence-corrected chi connectivity index (χ4v) is 3.79. The van der Waals surface area contributed by atoms with Crippen molar-refractivity contribution in [2.45, 2.75) is 19.1 Å². The van der Waals surface area contributed by atoms with Gasteiger partial charge < -0.3 is 11.1 Å². The number of hydrogen-bond acceptors (Lipinski definition) is 5. The van der Waals surface area contributed by atoms with Gasteiger partial charge in [-0.1, -0.05) is 29.5 Å². The first-order valence-corrected chi connectivity index (χ1v) is 10.5. The third-order valence-corrected chi connectivity index (χ3v) is 5.71. The van der Waals surface area contributed by atoms with E-state index in [0.29, 0.717) is 24.3 Å². The van der Waals surface area contributed by atoms with E-state index in [9.17, 15) is 18.0 Å². The van der Waals surface area contributed by atoms with Gasteiger partial charge in [-0.05, 0) is 53.3 Å². The van der Waals surface area contributed by atoms with Gasteiger partial charge in [0, 0.05) is 11.4 Å². The normalized spacial score (nSPS) is 11.5. The molecule has 0 radical (unpaired) electrons. The van der Waals surface area contributed by atoms with Gasteiger partial charge in [0.15, 0.2) is 5.69 Å². The minimum atomic E-state index is -4.36. The number of nitrogens with two attached hydrogens (primary N) is 1. The Morgan fingerprint density at radius 3 is 2.59 bits per heavy atom. The summed E-state index contributed by atoms with van der Waals surface area (Å²) in [6, 6.07) is 14.3. The SMILES string of the molecule is Nc1ccc(-c2cccs2)cc1NC(=O)c1cn(CCc2ccc(C(F)(F)F)cc2)nn1. The Kier molecular flexibility index (Phi) is 5.95. The highest BCUT2D eigenvalue weighted by Gasteiger charge is 2.29. The number of halogens is 3. The molecule has 164 valence electrons. The van der Waals surface area contributed by atoms with E-state index in [0.717, 1.165) is 28.1 Å². The second-order valence-electron chi connectivity index (χ2n) is 7.04. The molecule has 10 heteroatoms. The Balaban J connectivity index is 1.39. The molecule has 0 aliphatic heterocycles. The first kappa shape index (κ1) is 21.6. The summed E-state index contributed by atoms with van der Waals surface area (Å²) in [5.41, 5.74) is 7.97. The van der Waals surface area contributed by atoms with Gasteiger partial charge in [-0.15, -0.1) is 16.4 Å². The van der Waals surface area contributed by atoms with Gasteiger partial charge in [-0.2, -0.15) is 13.2 Å². The summed E-state index contributed by atoms with van der Waals surface area (Å²) in [4.78, 5) is 13.6. The highest BCUT2D eigenvalue weighted by molar-refractivity contribution is 7.13. The van der Waals surface area contributed by atoms with Crippen molar-refractivity contribution in [3.8, 4) is 10.4 Å². The molecule has 32 heavy (non-hydrogen) atoms. The van der Waals surface area contributed by atoms with Gasteiger partial charge in [0.2, 0.25) is 0 Å². The van der Waals surface area contributed by atoms with Crippen LogP contribution in [0.2, 0.25) is 0 Å². The van der Waals surface area contributed by atoms with Crippen molar-refractivity contribution in [3.63, 3.8) is 0 Å². The van der Waals surface area contributed by atoms with Crippen LogP contribution in [0.15, 0.2) is 66.2 Å². The summed E-state index contributed by atoms with van der Waals surface area (Å²) in [6.07, 6.45) is -2.43. The first-order valence-electron chi connectivity index (χ1n) is 9.60. The number of rotatable bonds is 6. The summed E-state index contributed by atoms with van der Waals surface area (Å²) in [7, 11) is 0. The van der Waals surface area contributed by atoms with Crippen LogP contribution in [-0.2, 0) is 19.1 Å². The number of aromatic nitrogens is 3. The fraction of sp³-hybridized carbons (Fsp3) is 0.136. The largest absolute Gasteiger partial charge is 0.416 e. The topological polar surface area (TPSA) is 85.8 Å². The maximum atomic E-state index is 12.7. The lowest BCUT2D eigenvalue weighted by molar-refractivity contribution is -0.137. The summed E-state index contributed by atoms with van der Waals surface area (Å²) >= 11 is 1.58. The van der Waals surface area contributed by atoms with Crippen LogP contribution in [0.3, 0.4) is 0 Å². The van der Waals surface area contributed by atoms with Crippen molar-refractivity contribution in [2.24, 2.45) is 0 Å². The van der Waals surface area contributed by atoms with Gasteiger partial charge in [0.05, 0.1) is 23.1 Å². The zero-order chi connectivity index (χ0) is 22.7. The van der Waals surface area contributed by atoms with E-state index < -0.39 is 17.6 Å². The lowest BCUT2D eigenvalue weighted by atomic mass is 10.1. The highest BCUT2D eigenvalue weighted by atomic mass is 32.1. The van der Waals surface area contributed by atoms with Gasteiger partial charge >= 0.3 is 6.18 Å². The minimum Gasteiger partial charge on any atom is -0.397 e. The number of amides is 1. The van der Waals surface area contributed by atoms with Gasteiger partial charge in [-0.25, -0.2) is 0 Å². The van der Waals surface area contributed by atoms with E-state index in [1.165, 1.54) is 23.0 Å². The van der Waals surface area contributed by atoms with Crippen LogP contribution in [0.5, 0.6) is 0 Å². The zero-order valence-corrected chi connectivity index (χ0v) is 17.5. The molecule has 4 aromatic rings. The Hall–Kier alpha value is -3.66. The van der Waals surface area contributed by atoms with Crippen LogP contribution in [-0.4, -0.2) is 20.9 Å². The van der Waals surface area contributed by atoms with Crippen LogP contribution in [0.4, 0.5) is 24.5 Å². The van der Waals surface area contributed by atoms with Crippen molar-refractivity contribution < 1.29 is 18.0 Å².